The molecule has 0 unspecified atom stereocenters. The van der Waals surface area contributed by atoms with Crippen LogP contribution in [0.3, 0.4) is 0 Å². The van der Waals surface area contributed by atoms with E-state index in [0.29, 0.717) is 31.1 Å². The number of alkyl halides is 3. The Balaban J connectivity index is 1.54. The molecule has 0 radical (unpaired) electrons. The van der Waals surface area contributed by atoms with Crippen molar-refractivity contribution >= 4 is 29.0 Å². The number of halogens is 3. The van der Waals surface area contributed by atoms with Gasteiger partial charge in [0.05, 0.1) is 4.88 Å². The van der Waals surface area contributed by atoms with Crippen molar-refractivity contribution in [2.75, 3.05) is 31.5 Å². The van der Waals surface area contributed by atoms with Gasteiger partial charge in [-0.25, -0.2) is 4.79 Å². The maximum atomic E-state index is 12.3. The summed E-state index contributed by atoms with van der Waals surface area (Å²) in [4.78, 5) is 28.4. The lowest BCUT2D eigenvalue weighted by atomic mass is 10.3. The second-order valence-electron chi connectivity index (χ2n) is 5.76. The predicted molar refractivity (Wildman–Crippen MR) is 93.9 cm³/mol. The van der Waals surface area contributed by atoms with E-state index in [1.165, 1.54) is 28.4 Å². The molecule has 1 aliphatic rings. The van der Waals surface area contributed by atoms with Gasteiger partial charge in [-0.05, 0) is 23.6 Å². The molecule has 0 saturated carbocycles. The fourth-order valence-corrected chi connectivity index (χ4v) is 3.33. The Labute approximate surface area is 157 Å². The first-order chi connectivity index (χ1) is 12.8. The molecule has 144 valence electrons. The molecule has 0 atom stereocenters. The van der Waals surface area contributed by atoms with E-state index in [4.69, 9.17) is 0 Å². The Bertz CT molecular complexity index is 803. The van der Waals surface area contributed by atoms with E-state index in [9.17, 15) is 22.8 Å². The second kappa shape index (κ2) is 7.87. The van der Waals surface area contributed by atoms with E-state index in [2.05, 4.69) is 10.1 Å². The molecule has 1 aromatic carbocycles. The number of ether oxygens (including phenoxy) is 1. The minimum atomic E-state index is -4.80. The lowest BCUT2D eigenvalue weighted by Gasteiger charge is -2.34. The van der Waals surface area contributed by atoms with Gasteiger partial charge in [-0.2, -0.15) is 0 Å². The normalized spacial score (nSPS) is 14.8. The van der Waals surface area contributed by atoms with Crippen molar-refractivity contribution in [1.29, 1.82) is 0 Å². The highest BCUT2D eigenvalue weighted by molar-refractivity contribution is 7.12. The Kier molecular flexibility index (Phi) is 5.54. The van der Waals surface area contributed by atoms with Crippen LogP contribution in [0, 0.1) is 0 Å². The number of benzene rings is 1. The summed E-state index contributed by atoms with van der Waals surface area (Å²) in [6, 6.07) is 8.19. The van der Waals surface area contributed by atoms with Crippen LogP contribution in [0.2, 0.25) is 0 Å². The van der Waals surface area contributed by atoms with Gasteiger partial charge in [0.25, 0.3) is 5.91 Å². The fourth-order valence-electron chi connectivity index (χ4n) is 2.64. The van der Waals surface area contributed by atoms with Crippen LogP contribution in [-0.2, 0) is 0 Å². The molecule has 10 heteroatoms. The quantitative estimate of drug-likeness (QED) is 0.857. The minimum absolute atomic E-state index is 0.0675. The number of piperazine rings is 1. The van der Waals surface area contributed by atoms with Crippen molar-refractivity contribution in [2.24, 2.45) is 0 Å². The Morgan fingerprint density at radius 1 is 1.04 bits per heavy atom. The van der Waals surface area contributed by atoms with E-state index in [1.54, 1.807) is 17.0 Å². The van der Waals surface area contributed by atoms with Gasteiger partial charge in [-0.1, -0.05) is 12.1 Å². The first-order valence-electron chi connectivity index (χ1n) is 8.06. The third-order valence-electron chi connectivity index (χ3n) is 3.90. The maximum Gasteiger partial charge on any atom is 0.573 e. The highest BCUT2D eigenvalue weighted by Crippen LogP contribution is 2.25. The van der Waals surface area contributed by atoms with E-state index < -0.39 is 18.1 Å². The number of nitrogens with one attached hydrogen (secondary N) is 1. The van der Waals surface area contributed by atoms with Crippen LogP contribution in [0.25, 0.3) is 0 Å². The lowest BCUT2D eigenvalue weighted by molar-refractivity contribution is -0.274. The van der Waals surface area contributed by atoms with E-state index in [1.807, 2.05) is 5.38 Å². The molecule has 1 aromatic heterocycles. The zero-order chi connectivity index (χ0) is 19.4. The van der Waals surface area contributed by atoms with E-state index in [-0.39, 0.29) is 11.6 Å². The molecule has 6 nitrogen and oxygen atoms in total. The smallest absolute Gasteiger partial charge is 0.406 e. The van der Waals surface area contributed by atoms with Gasteiger partial charge in [-0.3, -0.25) is 4.79 Å². The summed E-state index contributed by atoms with van der Waals surface area (Å²) in [5.41, 5.74) is 0.193. The summed E-state index contributed by atoms with van der Waals surface area (Å²) < 4.78 is 40.7. The Hall–Kier alpha value is -2.75. The van der Waals surface area contributed by atoms with Crippen molar-refractivity contribution in [1.82, 2.24) is 9.80 Å². The highest BCUT2D eigenvalue weighted by Gasteiger charge is 2.31. The topological polar surface area (TPSA) is 61.9 Å². The number of anilines is 1. The number of thiophene rings is 1. The van der Waals surface area contributed by atoms with Crippen LogP contribution in [0.4, 0.5) is 23.7 Å². The van der Waals surface area contributed by atoms with Crippen LogP contribution in [-0.4, -0.2) is 54.3 Å². The van der Waals surface area contributed by atoms with Crippen molar-refractivity contribution < 1.29 is 27.5 Å². The molecule has 1 aliphatic heterocycles. The average Bonchev–Trinajstić information content (AvgIpc) is 3.14. The first kappa shape index (κ1) is 19.0. The Morgan fingerprint density at radius 3 is 2.37 bits per heavy atom. The minimum Gasteiger partial charge on any atom is -0.406 e. The summed E-state index contributed by atoms with van der Waals surface area (Å²) in [5, 5.41) is 4.37. The monoisotopic (exact) mass is 399 g/mol. The van der Waals surface area contributed by atoms with Gasteiger partial charge in [0.2, 0.25) is 0 Å². The molecular weight excluding hydrogens is 383 g/mol. The fraction of sp³-hybridized carbons (Fsp3) is 0.294. The molecule has 1 N–H and O–H groups in total. The molecule has 2 aromatic rings. The lowest BCUT2D eigenvalue weighted by Crippen LogP contribution is -2.51. The third kappa shape index (κ3) is 5.13. The number of urea groups is 1. The first-order valence-corrected chi connectivity index (χ1v) is 8.94. The number of amides is 3. The molecule has 3 rings (SSSR count). The van der Waals surface area contributed by atoms with Crippen molar-refractivity contribution in [3.05, 3.63) is 46.7 Å². The van der Waals surface area contributed by atoms with Crippen molar-refractivity contribution in [3.8, 4) is 5.75 Å². The van der Waals surface area contributed by atoms with Gasteiger partial charge in [0.1, 0.15) is 5.75 Å². The molecule has 3 amide bonds. The van der Waals surface area contributed by atoms with Gasteiger partial charge >= 0.3 is 12.4 Å². The van der Waals surface area contributed by atoms with Crippen LogP contribution >= 0.6 is 11.3 Å². The molecule has 0 bridgehead atoms. The molecule has 2 heterocycles. The largest absolute Gasteiger partial charge is 0.573 e. The summed E-state index contributed by atoms with van der Waals surface area (Å²) in [7, 11) is 0. The predicted octanol–water partition coefficient (Wildman–Crippen LogP) is 3.64. The number of carbonyl (C=O) groups is 2. The number of hydrogen-bond acceptors (Lipinski definition) is 4. The van der Waals surface area contributed by atoms with Crippen LogP contribution < -0.4 is 10.1 Å². The Morgan fingerprint density at radius 2 is 1.74 bits per heavy atom. The zero-order valence-corrected chi connectivity index (χ0v) is 14.8. The molecule has 0 aliphatic carbocycles. The van der Waals surface area contributed by atoms with Gasteiger partial charge in [-0.15, -0.1) is 24.5 Å². The van der Waals surface area contributed by atoms with Crippen LogP contribution in [0.5, 0.6) is 5.75 Å². The van der Waals surface area contributed by atoms with Crippen molar-refractivity contribution in [3.63, 3.8) is 0 Å². The number of rotatable bonds is 3. The molecule has 0 spiro atoms. The SMILES string of the molecule is O=C(Nc1cccc(OC(F)(F)F)c1)N1CCN(C(=O)c2cccs2)CC1. The number of carbonyl (C=O) groups excluding carboxylic acids is 2. The van der Waals surface area contributed by atoms with Crippen molar-refractivity contribution in [2.45, 2.75) is 6.36 Å². The highest BCUT2D eigenvalue weighted by atomic mass is 32.1. The molecule has 27 heavy (non-hydrogen) atoms. The van der Waals surface area contributed by atoms with E-state index >= 15 is 0 Å². The van der Waals surface area contributed by atoms with Crippen LogP contribution in [0.1, 0.15) is 9.67 Å². The molecule has 1 saturated heterocycles. The number of nitrogens with zero attached hydrogens (tertiary/aromatic N) is 2. The van der Waals surface area contributed by atoms with Gasteiger partial charge in [0, 0.05) is 37.9 Å². The molecule has 1 fully saturated rings. The second-order valence-corrected chi connectivity index (χ2v) is 6.71. The number of hydrogen-bond donors (Lipinski definition) is 1. The third-order valence-corrected chi connectivity index (χ3v) is 4.76. The standard InChI is InChI=1S/C17H16F3N3O3S/c18-17(19,20)26-13-4-1-3-12(11-13)21-16(25)23-8-6-22(7-9-23)15(24)14-5-2-10-27-14/h1-5,10-11H,6-9H2,(H,21,25). The summed E-state index contributed by atoms with van der Waals surface area (Å²) >= 11 is 1.36. The van der Waals surface area contributed by atoms with Gasteiger partial charge < -0.3 is 19.9 Å². The average molecular weight is 399 g/mol. The van der Waals surface area contributed by atoms with E-state index in [0.717, 1.165) is 12.1 Å². The maximum absolute atomic E-state index is 12.3. The summed E-state index contributed by atoms with van der Waals surface area (Å²) in [5.74, 6) is -0.478. The summed E-state index contributed by atoms with van der Waals surface area (Å²) in [6.45, 7) is 1.45. The van der Waals surface area contributed by atoms with Gasteiger partial charge in [0.15, 0.2) is 0 Å². The molecular formula is C17H16F3N3O3S. The zero-order valence-electron chi connectivity index (χ0n) is 14.0. The van der Waals surface area contributed by atoms with Crippen LogP contribution in [0.15, 0.2) is 41.8 Å². The summed E-state index contributed by atoms with van der Waals surface area (Å²) in [6.07, 6.45) is -4.80.